The maximum absolute atomic E-state index is 12.8. The number of hydrogen-bond donors (Lipinski definition) is 0. The molecule has 0 saturated heterocycles. The van der Waals surface area contributed by atoms with Crippen LogP contribution in [0.5, 0.6) is 0 Å². The Morgan fingerprint density at radius 2 is 2.18 bits per heavy atom. The molecule has 0 radical (unpaired) electrons. The van der Waals surface area contributed by atoms with Gasteiger partial charge in [0.05, 0.1) is 4.47 Å². The molecule has 0 aliphatic carbocycles. The smallest absolute Gasteiger partial charge is 0.137 e. The molecule has 0 nitrogen and oxygen atoms in total. The van der Waals surface area contributed by atoms with Gasteiger partial charge in [-0.3, -0.25) is 0 Å². The third kappa shape index (κ3) is 2.10. The second-order valence-electron chi connectivity index (χ2n) is 2.11. The molecule has 0 atom stereocenters. The molecule has 60 valence electrons. The van der Waals surface area contributed by atoms with Crippen molar-refractivity contribution < 1.29 is 4.39 Å². The lowest BCUT2D eigenvalue weighted by Crippen LogP contribution is -1.82. The first kappa shape index (κ1) is 9.36. The van der Waals surface area contributed by atoms with Crippen LogP contribution in [0.2, 0.25) is 0 Å². The maximum Gasteiger partial charge on any atom is 0.137 e. The van der Waals surface area contributed by atoms with E-state index >= 15 is 0 Å². The van der Waals surface area contributed by atoms with E-state index in [1.54, 1.807) is 6.07 Å². The Bertz CT molecular complexity index is 277. The van der Waals surface area contributed by atoms with Crippen molar-refractivity contribution in [3.8, 4) is 0 Å². The molecule has 0 saturated carbocycles. The Kier molecular flexibility index (Phi) is 3.22. The van der Waals surface area contributed by atoms with Crippen molar-refractivity contribution in [1.29, 1.82) is 0 Å². The molecule has 11 heavy (non-hydrogen) atoms. The highest BCUT2D eigenvalue weighted by molar-refractivity contribution is 9.10. The summed E-state index contributed by atoms with van der Waals surface area (Å²) in [5, 5.41) is 0. The molecule has 1 rings (SSSR count). The van der Waals surface area contributed by atoms with E-state index in [-0.39, 0.29) is 5.82 Å². The Morgan fingerprint density at radius 1 is 1.55 bits per heavy atom. The highest BCUT2D eigenvalue weighted by atomic mass is 79.9. The van der Waals surface area contributed by atoms with Crippen molar-refractivity contribution >= 4 is 37.6 Å². The van der Waals surface area contributed by atoms with Crippen LogP contribution in [0, 0.1) is 12.7 Å². The third-order valence-corrected chi connectivity index (χ3v) is 3.01. The normalized spacial score (nSPS) is 10.2. The van der Waals surface area contributed by atoms with Crippen molar-refractivity contribution in [3.63, 3.8) is 0 Å². The van der Waals surface area contributed by atoms with Gasteiger partial charge < -0.3 is 0 Å². The zero-order valence-corrected chi connectivity index (χ0v) is 8.86. The van der Waals surface area contributed by atoms with E-state index in [1.807, 2.05) is 6.92 Å². The number of aryl methyl sites for hydroxylation is 1. The Morgan fingerprint density at radius 3 is 2.73 bits per heavy atom. The van der Waals surface area contributed by atoms with E-state index < -0.39 is 0 Å². The fourth-order valence-corrected chi connectivity index (χ4v) is 2.05. The van der Waals surface area contributed by atoms with Crippen LogP contribution in [0.15, 0.2) is 21.5 Å². The highest BCUT2D eigenvalue weighted by Crippen LogP contribution is 2.30. The summed E-state index contributed by atoms with van der Waals surface area (Å²) < 4.78 is 13.2. The van der Waals surface area contributed by atoms with Crippen LogP contribution in [0.4, 0.5) is 4.39 Å². The van der Waals surface area contributed by atoms with Gasteiger partial charge in [0.1, 0.15) is 5.82 Å². The fraction of sp³-hybridized carbons (Fsp3) is 0.143. The summed E-state index contributed by atoms with van der Waals surface area (Å²) in [4.78, 5) is 0.875. The molecule has 4 heteroatoms. The van der Waals surface area contributed by atoms with E-state index in [0.29, 0.717) is 4.47 Å². The van der Waals surface area contributed by atoms with Gasteiger partial charge in [0.25, 0.3) is 0 Å². The lowest BCUT2D eigenvalue weighted by Gasteiger charge is -2.01. The average molecular weight is 256 g/mol. The molecule has 0 bridgehead atoms. The Balaban J connectivity index is 3.21. The van der Waals surface area contributed by atoms with Crippen LogP contribution in [-0.4, -0.2) is 0 Å². The zero-order chi connectivity index (χ0) is 8.43. The minimum Gasteiger partial charge on any atom is -0.206 e. The molecule has 0 fully saturated rings. The molecule has 0 spiro atoms. The Hall–Kier alpha value is 0.270. The summed E-state index contributed by atoms with van der Waals surface area (Å²) in [6.07, 6.45) is 0. The monoisotopic (exact) mass is 254 g/mol. The first-order chi connectivity index (χ1) is 5.15. The summed E-state index contributed by atoms with van der Waals surface area (Å²) in [6.45, 7) is 1.82. The molecular weight excluding hydrogens is 250 g/mol. The van der Waals surface area contributed by atoms with Gasteiger partial charge in [-0.15, -0.1) is 0 Å². The van der Waals surface area contributed by atoms with Crippen molar-refractivity contribution in [2.75, 3.05) is 0 Å². The predicted molar refractivity (Wildman–Crippen MR) is 50.5 cm³/mol. The lowest BCUT2D eigenvalue weighted by atomic mass is 10.2. The molecule has 1 aromatic rings. The van der Waals surface area contributed by atoms with Crippen molar-refractivity contribution in [2.24, 2.45) is 0 Å². The topological polar surface area (TPSA) is 0 Å². The van der Waals surface area contributed by atoms with Crippen LogP contribution in [0.25, 0.3) is 0 Å². The van der Waals surface area contributed by atoms with Crippen LogP contribution in [-0.2, 0) is 0 Å². The molecule has 0 unspecified atom stereocenters. The van der Waals surface area contributed by atoms with Crippen LogP contribution < -0.4 is 0 Å². The Labute approximate surface area is 81.8 Å². The van der Waals surface area contributed by atoms with Crippen LogP contribution in [0.1, 0.15) is 5.56 Å². The van der Waals surface area contributed by atoms with E-state index in [1.165, 1.54) is 6.07 Å². The number of benzene rings is 1. The average Bonchev–Trinajstić information content (AvgIpc) is 1.97. The van der Waals surface area contributed by atoms with Gasteiger partial charge in [-0.05, 0) is 62.2 Å². The van der Waals surface area contributed by atoms with Crippen molar-refractivity contribution in [2.45, 2.75) is 11.8 Å². The summed E-state index contributed by atoms with van der Waals surface area (Å²) in [5.41, 5.74) is 0.853. The van der Waals surface area contributed by atoms with Gasteiger partial charge in [-0.25, -0.2) is 4.39 Å². The van der Waals surface area contributed by atoms with Crippen molar-refractivity contribution in [1.82, 2.24) is 0 Å². The van der Waals surface area contributed by atoms with Gasteiger partial charge in [-0.2, -0.15) is 0 Å². The van der Waals surface area contributed by atoms with E-state index in [0.717, 1.165) is 21.4 Å². The van der Waals surface area contributed by atoms with Gasteiger partial charge >= 0.3 is 0 Å². The number of rotatable bonds is 1. The third-order valence-electron chi connectivity index (χ3n) is 1.30. The summed E-state index contributed by atoms with van der Waals surface area (Å²) in [6, 6.07) is 3.12. The second-order valence-corrected chi connectivity index (χ2v) is 4.02. The highest BCUT2D eigenvalue weighted by Gasteiger charge is 2.03. The molecule has 0 amide bonds. The van der Waals surface area contributed by atoms with Crippen LogP contribution in [0.3, 0.4) is 0 Å². The quantitative estimate of drug-likeness (QED) is 0.727. The minimum atomic E-state index is -0.253. The first-order valence-corrected chi connectivity index (χ1v) is 5.33. The molecule has 0 N–H and O–H groups in total. The van der Waals surface area contributed by atoms with Gasteiger partial charge in [0, 0.05) is 4.90 Å². The van der Waals surface area contributed by atoms with E-state index in [4.69, 9.17) is 10.7 Å². The fourth-order valence-electron chi connectivity index (χ4n) is 0.711. The molecule has 1 aromatic carbocycles. The van der Waals surface area contributed by atoms with Crippen molar-refractivity contribution in [3.05, 3.63) is 28.0 Å². The zero-order valence-electron chi connectivity index (χ0n) is 5.70. The SMILES string of the molecule is Cc1cc(F)c(Br)cc1SCl. The largest absolute Gasteiger partial charge is 0.206 e. The maximum atomic E-state index is 12.8. The van der Waals surface area contributed by atoms with Gasteiger partial charge in [0.15, 0.2) is 0 Å². The van der Waals surface area contributed by atoms with Gasteiger partial charge in [0.2, 0.25) is 0 Å². The van der Waals surface area contributed by atoms with E-state index in [2.05, 4.69) is 15.9 Å². The standard InChI is InChI=1S/C7H5BrClFS/c1-4-2-6(10)5(8)3-7(4)11-9/h2-3H,1H3. The second kappa shape index (κ2) is 3.78. The summed E-state index contributed by atoms with van der Waals surface area (Å²) in [7, 11) is 6.62. The lowest BCUT2D eigenvalue weighted by molar-refractivity contribution is 0.618. The minimum absolute atomic E-state index is 0.253. The number of hydrogen-bond acceptors (Lipinski definition) is 1. The van der Waals surface area contributed by atoms with E-state index in [9.17, 15) is 4.39 Å². The van der Waals surface area contributed by atoms with Gasteiger partial charge in [-0.1, -0.05) is 0 Å². The molecule has 0 heterocycles. The first-order valence-electron chi connectivity index (χ1n) is 2.89. The van der Waals surface area contributed by atoms with Crippen LogP contribution >= 0.6 is 37.6 Å². The predicted octanol–water partition coefficient (Wildman–Crippen LogP) is 4.14. The molecule has 0 aliphatic rings. The number of halogens is 3. The summed E-state index contributed by atoms with van der Waals surface area (Å²) >= 11 is 3.07. The molecule has 0 aromatic heterocycles. The molecule has 0 aliphatic heterocycles. The summed E-state index contributed by atoms with van der Waals surface area (Å²) in [5.74, 6) is -0.253. The molecular formula is C7H5BrClFS.